The Morgan fingerprint density at radius 2 is 2.00 bits per heavy atom. The van der Waals surface area contributed by atoms with Crippen LogP contribution in [0.3, 0.4) is 0 Å². The molecule has 3 rings (SSSR count). The van der Waals surface area contributed by atoms with Gasteiger partial charge in [0.2, 0.25) is 0 Å². The number of hydrogen-bond acceptors (Lipinski definition) is 1. The second-order valence-corrected chi connectivity index (χ2v) is 4.96. The van der Waals surface area contributed by atoms with Crippen LogP contribution >= 0.6 is 0 Å². The van der Waals surface area contributed by atoms with E-state index < -0.39 is 0 Å². The van der Waals surface area contributed by atoms with Crippen molar-refractivity contribution in [3.63, 3.8) is 0 Å². The number of rotatable bonds is 2. The minimum atomic E-state index is 0.904. The van der Waals surface area contributed by atoms with Crippen molar-refractivity contribution in [1.29, 1.82) is 0 Å². The van der Waals surface area contributed by atoms with E-state index in [0.29, 0.717) is 0 Å². The van der Waals surface area contributed by atoms with Gasteiger partial charge in [-0.3, -0.25) is 0 Å². The molecule has 0 radical (unpaired) electrons. The summed E-state index contributed by atoms with van der Waals surface area (Å²) in [7, 11) is 0. The average molecular weight is 165 g/mol. The van der Waals surface area contributed by atoms with Crippen molar-refractivity contribution in [2.45, 2.75) is 38.6 Å². The summed E-state index contributed by atoms with van der Waals surface area (Å²) in [6, 6.07) is 0.904. The summed E-state index contributed by atoms with van der Waals surface area (Å²) in [5.41, 5.74) is 0. The van der Waals surface area contributed by atoms with Crippen LogP contribution in [0, 0.1) is 23.7 Å². The topological polar surface area (TPSA) is 12.0 Å². The Labute approximate surface area is 74.9 Å². The highest BCUT2D eigenvalue weighted by Gasteiger charge is 2.55. The van der Waals surface area contributed by atoms with Gasteiger partial charge < -0.3 is 5.32 Å². The van der Waals surface area contributed by atoms with Gasteiger partial charge in [0.05, 0.1) is 0 Å². The molecule has 5 unspecified atom stereocenters. The Balaban J connectivity index is 1.75. The molecule has 0 aliphatic heterocycles. The quantitative estimate of drug-likeness (QED) is 0.660. The molecule has 0 saturated heterocycles. The van der Waals surface area contributed by atoms with Crippen LogP contribution in [0.5, 0.6) is 0 Å². The maximum absolute atomic E-state index is 3.66. The van der Waals surface area contributed by atoms with E-state index in [4.69, 9.17) is 0 Å². The van der Waals surface area contributed by atoms with E-state index in [1.165, 1.54) is 13.0 Å². The molecule has 12 heavy (non-hydrogen) atoms. The summed E-state index contributed by atoms with van der Waals surface area (Å²) in [4.78, 5) is 0. The first-order chi connectivity index (χ1) is 5.90. The van der Waals surface area contributed by atoms with Gasteiger partial charge in [0, 0.05) is 6.04 Å². The first kappa shape index (κ1) is 7.37. The third-order valence-corrected chi connectivity index (χ3v) is 4.66. The van der Waals surface area contributed by atoms with Crippen LogP contribution in [0.25, 0.3) is 0 Å². The maximum atomic E-state index is 3.66. The van der Waals surface area contributed by atoms with Crippen molar-refractivity contribution in [3.8, 4) is 0 Å². The molecule has 1 N–H and O–H groups in total. The molecule has 0 spiro atoms. The highest BCUT2D eigenvalue weighted by Crippen LogP contribution is 2.60. The van der Waals surface area contributed by atoms with E-state index in [1.807, 2.05) is 0 Å². The Kier molecular flexibility index (Phi) is 1.52. The van der Waals surface area contributed by atoms with Crippen LogP contribution < -0.4 is 5.32 Å². The van der Waals surface area contributed by atoms with E-state index in [0.717, 1.165) is 29.7 Å². The summed E-state index contributed by atoms with van der Waals surface area (Å²) in [5.74, 6) is 4.50. The molecule has 1 nitrogen and oxygen atoms in total. The van der Waals surface area contributed by atoms with Crippen LogP contribution in [-0.4, -0.2) is 12.6 Å². The zero-order chi connectivity index (χ0) is 8.13. The molecule has 0 aromatic heterocycles. The third kappa shape index (κ3) is 0.783. The SMILES string of the molecule is CCNC1CC2C3CCC2C1C3. The van der Waals surface area contributed by atoms with Gasteiger partial charge >= 0.3 is 0 Å². The van der Waals surface area contributed by atoms with Crippen LogP contribution in [0.4, 0.5) is 0 Å². The van der Waals surface area contributed by atoms with Crippen molar-refractivity contribution < 1.29 is 0 Å². The van der Waals surface area contributed by atoms with E-state index in [-0.39, 0.29) is 0 Å². The van der Waals surface area contributed by atoms with E-state index in [1.54, 1.807) is 19.3 Å². The van der Waals surface area contributed by atoms with Crippen LogP contribution in [0.2, 0.25) is 0 Å². The predicted octanol–water partition coefficient (Wildman–Crippen LogP) is 2.03. The lowest BCUT2D eigenvalue weighted by Crippen LogP contribution is -2.36. The van der Waals surface area contributed by atoms with Gasteiger partial charge in [-0.1, -0.05) is 6.92 Å². The summed E-state index contributed by atoms with van der Waals surface area (Å²) in [5, 5.41) is 3.66. The van der Waals surface area contributed by atoms with Crippen molar-refractivity contribution in [3.05, 3.63) is 0 Å². The molecule has 4 bridgehead atoms. The zero-order valence-electron chi connectivity index (χ0n) is 7.92. The minimum absolute atomic E-state index is 0.904. The van der Waals surface area contributed by atoms with Crippen LogP contribution in [0.1, 0.15) is 32.6 Å². The van der Waals surface area contributed by atoms with Crippen molar-refractivity contribution >= 4 is 0 Å². The summed E-state index contributed by atoms with van der Waals surface area (Å²) >= 11 is 0. The van der Waals surface area contributed by atoms with Crippen molar-refractivity contribution in [2.24, 2.45) is 23.7 Å². The average Bonchev–Trinajstić information content (AvgIpc) is 2.70. The lowest BCUT2D eigenvalue weighted by molar-refractivity contribution is 0.252. The van der Waals surface area contributed by atoms with Gasteiger partial charge in [0.25, 0.3) is 0 Å². The molecule has 3 aliphatic carbocycles. The van der Waals surface area contributed by atoms with Crippen molar-refractivity contribution in [1.82, 2.24) is 5.32 Å². The molecule has 1 heteroatoms. The maximum Gasteiger partial charge on any atom is 0.0101 e. The number of hydrogen-bond donors (Lipinski definition) is 1. The molecule has 5 atom stereocenters. The van der Waals surface area contributed by atoms with Crippen LogP contribution in [0.15, 0.2) is 0 Å². The fraction of sp³-hybridized carbons (Fsp3) is 1.00. The normalized spacial score (nSPS) is 55.2. The smallest absolute Gasteiger partial charge is 0.0101 e. The monoisotopic (exact) mass is 165 g/mol. The first-order valence-corrected chi connectivity index (χ1v) is 5.63. The Hall–Kier alpha value is -0.0400. The minimum Gasteiger partial charge on any atom is -0.314 e. The summed E-state index contributed by atoms with van der Waals surface area (Å²) in [6.07, 6.45) is 6.19. The third-order valence-electron chi connectivity index (χ3n) is 4.66. The van der Waals surface area contributed by atoms with Gasteiger partial charge in [0.1, 0.15) is 0 Å². The predicted molar refractivity (Wildman–Crippen MR) is 49.9 cm³/mol. The van der Waals surface area contributed by atoms with Gasteiger partial charge in [-0.25, -0.2) is 0 Å². The highest BCUT2D eigenvalue weighted by atomic mass is 14.9. The second kappa shape index (κ2) is 2.47. The van der Waals surface area contributed by atoms with Crippen molar-refractivity contribution in [2.75, 3.05) is 6.54 Å². The molecule has 0 aromatic carbocycles. The fourth-order valence-corrected chi connectivity index (χ4v) is 4.33. The molecular formula is C11H19N. The Bertz CT molecular complexity index is 189. The van der Waals surface area contributed by atoms with Gasteiger partial charge in [-0.15, -0.1) is 0 Å². The Morgan fingerprint density at radius 1 is 1.08 bits per heavy atom. The first-order valence-electron chi connectivity index (χ1n) is 5.63. The van der Waals surface area contributed by atoms with Gasteiger partial charge in [-0.05, 0) is 55.9 Å². The summed E-state index contributed by atoms with van der Waals surface area (Å²) < 4.78 is 0. The summed E-state index contributed by atoms with van der Waals surface area (Å²) in [6.45, 7) is 3.41. The molecule has 3 fully saturated rings. The molecule has 68 valence electrons. The zero-order valence-corrected chi connectivity index (χ0v) is 7.92. The molecule has 0 heterocycles. The second-order valence-electron chi connectivity index (χ2n) is 4.96. The molecule has 3 saturated carbocycles. The lowest BCUT2D eigenvalue weighted by Gasteiger charge is -2.29. The van der Waals surface area contributed by atoms with E-state index in [2.05, 4.69) is 12.2 Å². The Morgan fingerprint density at radius 3 is 2.67 bits per heavy atom. The van der Waals surface area contributed by atoms with E-state index in [9.17, 15) is 0 Å². The van der Waals surface area contributed by atoms with Gasteiger partial charge in [0.15, 0.2) is 0 Å². The number of nitrogens with one attached hydrogen (secondary N) is 1. The van der Waals surface area contributed by atoms with E-state index >= 15 is 0 Å². The molecule has 0 aromatic rings. The molecule has 3 aliphatic rings. The highest BCUT2D eigenvalue weighted by molar-refractivity contribution is 5.07. The van der Waals surface area contributed by atoms with Crippen LogP contribution in [-0.2, 0) is 0 Å². The largest absolute Gasteiger partial charge is 0.314 e. The fourth-order valence-electron chi connectivity index (χ4n) is 4.33. The standard InChI is InChI=1S/C11H19N/c1-2-12-11-6-9-7-3-4-8(9)10(11)5-7/h7-12H,2-6H2,1H3. The van der Waals surface area contributed by atoms with Gasteiger partial charge in [-0.2, -0.15) is 0 Å². The molecular weight excluding hydrogens is 146 g/mol. The lowest BCUT2D eigenvalue weighted by atomic mass is 9.82. The molecule has 0 amide bonds.